The number of aromatic nitrogens is 3. The number of alkyl halides is 2. The second kappa shape index (κ2) is 6.12. The van der Waals surface area contributed by atoms with Crippen molar-refractivity contribution in [2.75, 3.05) is 0 Å². The van der Waals surface area contributed by atoms with Crippen molar-refractivity contribution in [2.45, 2.75) is 31.9 Å². The second-order valence-electron chi connectivity index (χ2n) is 6.60. The molecule has 2 aromatic rings. The lowest BCUT2D eigenvalue weighted by Gasteiger charge is -2.38. The predicted molar refractivity (Wildman–Crippen MR) is 82.5 cm³/mol. The topological polar surface area (TPSA) is 89.6 Å². The summed E-state index contributed by atoms with van der Waals surface area (Å²) in [5.41, 5.74) is -7.15. The molecular weight excluding hydrogens is 372 g/mol. The molecule has 0 bridgehead atoms. The molecule has 3 rings (SSSR count). The highest BCUT2D eigenvalue weighted by Gasteiger charge is 2.65. The van der Waals surface area contributed by atoms with Crippen LogP contribution in [0.2, 0.25) is 0 Å². The molecule has 1 aromatic heterocycles. The Kier molecular flexibility index (Phi) is 4.29. The molecule has 144 valence electrons. The van der Waals surface area contributed by atoms with Crippen molar-refractivity contribution in [3.05, 3.63) is 48.1 Å². The van der Waals surface area contributed by atoms with Gasteiger partial charge in [-0.3, -0.25) is 0 Å². The molecule has 2 heterocycles. The van der Waals surface area contributed by atoms with Crippen LogP contribution in [-0.2, 0) is 21.8 Å². The van der Waals surface area contributed by atoms with Gasteiger partial charge in [0.2, 0.25) is 0 Å². The zero-order valence-corrected chi connectivity index (χ0v) is 14.2. The first-order valence-electron chi connectivity index (χ1n) is 7.68. The van der Waals surface area contributed by atoms with Gasteiger partial charge in [-0.15, -0.1) is 0 Å². The predicted octanol–water partition coefficient (Wildman–Crippen LogP) is 2.02. The van der Waals surface area contributed by atoms with Crippen LogP contribution in [0.4, 0.5) is 17.6 Å². The maximum atomic E-state index is 15.5. The summed E-state index contributed by atoms with van der Waals surface area (Å²) in [6.07, 6.45) is 2.06. The molecule has 0 saturated carbocycles. The van der Waals surface area contributed by atoms with E-state index in [4.69, 9.17) is 0 Å². The van der Waals surface area contributed by atoms with Crippen LogP contribution in [0.5, 0.6) is 0 Å². The minimum atomic E-state index is -4.28. The van der Waals surface area contributed by atoms with Crippen molar-refractivity contribution in [1.82, 2.24) is 14.8 Å². The number of halogens is 4. The smallest absolute Gasteiger partial charge is 0.346 e. The number of carbonyl (C=O) groups is 1. The monoisotopic (exact) mass is 386 g/mol. The largest absolute Gasteiger partial charge is 0.377 e. The Bertz CT molecular complexity index is 914. The van der Waals surface area contributed by atoms with Crippen molar-refractivity contribution in [3.63, 3.8) is 0 Å². The van der Waals surface area contributed by atoms with Gasteiger partial charge >= 0.3 is 11.9 Å². The fourth-order valence-corrected chi connectivity index (χ4v) is 2.78. The van der Waals surface area contributed by atoms with E-state index >= 15 is 8.78 Å². The molecule has 7 nitrogen and oxygen atoms in total. The lowest BCUT2D eigenvalue weighted by atomic mass is 9.75. The Morgan fingerprint density at radius 1 is 1.30 bits per heavy atom. The Morgan fingerprint density at radius 2 is 2.00 bits per heavy atom. The first-order valence-corrected chi connectivity index (χ1v) is 7.68. The van der Waals surface area contributed by atoms with Crippen molar-refractivity contribution in [3.8, 4) is 0 Å². The standard InChI is InChI=1S/C16H14F4N4O3/c1-14(2)12(23-27-13(14)25)16(19,20)15(26,6-24-8-21-7-22-24)10-4-3-9(17)5-11(10)18/h3-5,7-8,26H,6H2,1-2H3. The fraction of sp³-hybridized carbons (Fsp3) is 0.375. The fourth-order valence-electron chi connectivity index (χ4n) is 2.78. The SMILES string of the molecule is CC1(C)C(=O)ON=C1C(F)(F)C(O)(Cn1cncn1)c1ccc(F)cc1F. The summed E-state index contributed by atoms with van der Waals surface area (Å²) in [6, 6.07) is 1.78. The minimum absolute atomic E-state index is 0.362. The number of carbonyl (C=O) groups excluding carboxylic acids is 1. The van der Waals surface area contributed by atoms with E-state index in [1.165, 1.54) is 0 Å². The van der Waals surface area contributed by atoms with Crippen LogP contribution in [0.3, 0.4) is 0 Å². The molecule has 27 heavy (non-hydrogen) atoms. The van der Waals surface area contributed by atoms with Crippen LogP contribution in [0, 0.1) is 17.0 Å². The molecule has 1 N–H and O–H groups in total. The van der Waals surface area contributed by atoms with Gasteiger partial charge in [-0.1, -0.05) is 5.16 Å². The van der Waals surface area contributed by atoms with E-state index in [-0.39, 0.29) is 0 Å². The van der Waals surface area contributed by atoms with E-state index in [1.54, 1.807) is 0 Å². The Balaban J connectivity index is 2.19. The van der Waals surface area contributed by atoms with E-state index in [0.717, 1.165) is 37.3 Å². The van der Waals surface area contributed by atoms with Crippen LogP contribution < -0.4 is 0 Å². The molecule has 0 aliphatic carbocycles. The van der Waals surface area contributed by atoms with Gasteiger partial charge in [-0.05, 0) is 26.0 Å². The third kappa shape index (κ3) is 2.87. The van der Waals surface area contributed by atoms with Gasteiger partial charge in [0.1, 0.15) is 35.4 Å². The first kappa shape index (κ1) is 19.0. The number of aliphatic hydroxyl groups is 1. The van der Waals surface area contributed by atoms with E-state index < -0.39 is 52.4 Å². The van der Waals surface area contributed by atoms with Gasteiger partial charge in [0, 0.05) is 11.6 Å². The van der Waals surface area contributed by atoms with Gasteiger partial charge in [0.05, 0.1) is 6.54 Å². The number of hydrogen-bond acceptors (Lipinski definition) is 6. The van der Waals surface area contributed by atoms with Crippen LogP contribution in [0.1, 0.15) is 19.4 Å². The maximum Gasteiger partial charge on any atom is 0.346 e. The third-order valence-corrected chi connectivity index (χ3v) is 4.37. The summed E-state index contributed by atoms with van der Waals surface area (Å²) in [6.45, 7) is 1.31. The molecule has 0 saturated heterocycles. The zero-order valence-electron chi connectivity index (χ0n) is 14.2. The Morgan fingerprint density at radius 3 is 2.52 bits per heavy atom. The molecule has 0 spiro atoms. The van der Waals surface area contributed by atoms with Crippen molar-refractivity contribution < 1.29 is 32.3 Å². The van der Waals surface area contributed by atoms with E-state index in [0.29, 0.717) is 12.1 Å². The zero-order chi connectivity index (χ0) is 20.0. The number of oxime groups is 1. The van der Waals surface area contributed by atoms with Crippen LogP contribution >= 0.6 is 0 Å². The van der Waals surface area contributed by atoms with Crippen LogP contribution in [-0.4, -0.2) is 37.5 Å². The molecule has 11 heteroatoms. The highest BCUT2D eigenvalue weighted by Crippen LogP contribution is 2.47. The molecule has 0 fully saturated rings. The number of hydrogen-bond donors (Lipinski definition) is 1. The normalized spacial score (nSPS) is 18.8. The maximum absolute atomic E-state index is 15.5. The van der Waals surface area contributed by atoms with Crippen molar-refractivity contribution in [1.29, 1.82) is 0 Å². The van der Waals surface area contributed by atoms with E-state index in [1.807, 2.05) is 0 Å². The van der Waals surface area contributed by atoms with Crippen LogP contribution in [0.15, 0.2) is 36.0 Å². The summed E-state index contributed by atoms with van der Waals surface area (Å²) in [4.78, 5) is 19.7. The molecule has 1 aliphatic heterocycles. The Labute approximate surface area is 150 Å². The van der Waals surface area contributed by atoms with E-state index in [9.17, 15) is 18.7 Å². The number of nitrogens with zero attached hydrogens (tertiary/aromatic N) is 4. The van der Waals surface area contributed by atoms with Crippen LogP contribution in [0.25, 0.3) is 0 Å². The number of rotatable bonds is 5. The first-order chi connectivity index (χ1) is 12.5. The second-order valence-corrected chi connectivity index (χ2v) is 6.60. The van der Waals surface area contributed by atoms with Gasteiger partial charge in [0.15, 0.2) is 5.60 Å². The van der Waals surface area contributed by atoms with Gasteiger partial charge in [-0.25, -0.2) is 23.2 Å². The summed E-state index contributed by atoms with van der Waals surface area (Å²) in [5.74, 6) is -7.76. The Hall–Kier alpha value is -2.82. The molecule has 1 unspecified atom stereocenters. The summed E-state index contributed by atoms with van der Waals surface area (Å²) < 4.78 is 59.4. The molecule has 0 amide bonds. The molecule has 1 atom stereocenters. The van der Waals surface area contributed by atoms with Crippen molar-refractivity contribution in [2.24, 2.45) is 10.6 Å². The minimum Gasteiger partial charge on any atom is -0.377 e. The summed E-state index contributed by atoms with van der Waals surface area (Å²) >= 11 is 0. The molecular formula is C16H14F4N4O3. The molecule has 1 aliphatic rings. The lowest BCUT2D eigenvalue weighted by molar-refractivity contribution is -0.159. The average molecular weight is 386 g/mol. The summed E-state index contributed by atoms with van der Waals surface area (Å²) in [7, 11) is 0. The van der Waals surface area contributed by atoms with Gasteiger partial charge < -0.3 is 9.94 Å². The lowest BCUT2D eigenvalue weighted by Crippen LogP contribution is -2.57. The quantitative estimate of drug-likeness (QED) is 0.627. The van der Waals surface area contributed by atoms with Gasteiger partial charge in [-0.2, -0.15) is 13.9 Å². The molecule has 1 aromatic carbocycles. The van der Waals surface area contributed by atoms with Crippen molar-refractivity contribution >= 4 is 11.7 Å². The van der Waals surface area contributed by atoms with Gasteiger partial charge in [0.25, 0.3) is 0 Å². The summed E-state index contributed by atoms with van der Waals surface area (Å²) in [5, 5.41) is 17.8. The third-order valence-electron chi connectivity index (χ3n) is 4.37. The average Bonchev–Trinajstić information content (AvgIpc) is 3.15. The number of benzene rings is 1. The highest BCUT2D eigenvalue weighted by atomic mass is 19.3. The molecule has 0 radical (unpaired) electrons. The highest BCUT2D eigenvalue weighted by molar-refractivity contribution is 6.12. The van der Waals surface area contributed by atoms with E-state index in [2.05, 4.69) is 20.1 Å².